The molecule has 1 saturated heterocycles. The number of carbonyl (C=O) groups excluding carboxylic acids is 1. The fraction of sp³-hybridized carbons (Fsp3) is 0.405. The van der Waals surface area contributed by atoms with Crippen LogP contribution in [0.3, 0.4) is 0 Å². The molecule has 0 saturated carbocycles. The van der Waals surface area contributed by atoms with Crippen LogP contribution in [0.5, 0.6) is 11.5 Å². The fourth-order valence-electron chi connectivity index (χ4n) is 6.22. The van der Waals surface area contributed by atoms with Gasteiger partial charge in [0, 0.05) is 60.5 Å². The van der Waals surface area contributed by atoms with Gasteiger partial charge in [0.2, 0.25) is 5.91 Å². The summed E-state index contributed by atoms with van der Waals surface area (Å²) < 4.78 is 26.8. The molecule has 0 bridgehead atoms. The zero-order chi connectivity index (χ0) is 34.0. The number of rotatable bonds is 15. The van der Waals surface area contributed by atoms with Crippen LogP contribution in [0.1, 0.15) is 47.9 Å². The first-order valence-electron chi connectivity index (χ1n) is 16.3. The number of fused-ring (bicyclic) bond motifs is 1. The number of likely N-dealkylation sites (tertiary alicyclic amines) is 1. The third-order valence-corrected chi connectivity index (χ3v) is 9.61. The average Bonchev–Trinajstić information content (AvgIpc) is 3.41. The van der Waals surface area contributed by atoms with Crippen molar-refractivity contribution in [1.29, 1.82) is 0 Å². The van der Waals surface area contributed by atoms with Crippen LogP contribution in [-0.4, -0.2) is 72.6 Å². The summed E-state index contributed by atoms with van der Waals surface area (Å²) in [5, 5.41) is 13.7. The van der Waals surface area contributed by atoms with E-state index in [2.05, 4.69) is 63.2 Å². The van der Waals surface area contributed by atoms with E-state index < -0.39 is 6.09 Å². The molecule has 5 rings (SSSR count). The van der Waals surface area contributed by atoms with E-state index >= 15 is 0 Å². The van der Waals surface area contributed by atoms with Crippen LogP contribution >= 0.6 is 15.9 Å². The molecule has 1 aliphatic heterocycles. The number of carbonyl (C=O) groups is 2. The lowest BCUT2D eigenvalue weighted by atomic mass is 9.87. The molecule has 2 heterocycles. The molecule has 2 unspecified atom stereocenters. The highest BCUT2D eigenvalue weighted by Crippen LogP contribution is 2.35. The monoisotopic (exact) mass is 721 g/mol. The summed E-state index contributed by atoms with van der Waals surface area (Å²) in [6.45, 7) is 7.41. The van der Waals surface area contributed by atoms with Crippen molar-refractivity contribution in [1.82, 2.24) is 14.8 Å². The van der Waals surface area contributed by atoms with Gasteiger partial charge in [0.15, 0.2) is 0 Å². The first-order valence-corrected chi connectivity index (χ1v) is 17.1. The highest BCUT2D eigenvalue weighted by molar-refractivity contribution is 9.10. The number of hydrogen-bond acceptors (Lipinski definition) is 6. The number of halogens is 1. The summed E-state index contributed by atoms with van der Waals surface area (Å²) in [7, 11) is 1.66. The number of benzene rings is 3. The van der Waals surface area contributed by atoms with Gasteiger partial charge in [-0.05, 0) is 64.2 Å². The van der Waals surface area contributed by atoms with Gasteiger partial charge in [-0.1, -0.05) is 42.5 Å². The van der Waals surface area contributed by atoms with Crippen LogP contribution < -0.4 is 14.8 Å². The number of para-hydroxylation sites is 1. The number of aryl methyl sites for hydroxylation is 1. The zero-order valence-corrected chi connectivity index (χ0v) is 29.3. The van der Waals surface area contributed by atoms with Crippen molar-refractivity contribution >= 4 is 38.8 Å². The summed E-state index contributed by atoms with van der Waals surface area (Å²) in [6.07, 6.45) is 2.24. The second-order valence-electron chi connectivity index (χ2n) is 12.0. The van der Waals surface area contributed by atoms with Crippen molar-refractivity contribution in [2.24, 2.45) is 0 Å². The third-order valence-electron chi connectivity index (χ3n) is 8.73. The highest BCUT2D eigenvalue weighted by atomic mass is 79.9. The summed E-state index contributed by atoms with van der Waals surface area (Å²) >= 11 is 3.83. The molecule has 10 nitrogen and oxygen atoms in total. The molecule has 4 aromatic rings. The van der Waals surface area contributed by atoms with Gasteiger partial charge in [0.1, 0.15) is 11.5 Å². The summed E-state index contributed by atoms with van der Waals surface area (Å²) in [5.74, 6) is 1.57. The zero-order valence-electron chi connectivity index (χ0n) is 27.7. The fourth-order valence-corrected chi connectivity index (χ4v) is 6.91. The summed E-state index contributed by atoms with van der Waals surface area (Å²) in [4.78, 5) is 24.7. The largest absolute Gasteiger partial charge is 0.496 e. The van der Waals surface area contributed by atoms with Crippen molar-refractivity contribution in [2.75, 3.05) is 40.0 Å². The molecule has 0 spiro atoms. The van der Waals surface area contributed by atoms with Crippen molar-refractivity contribution in [2.45, 2.75) is 58.5 Å². The van der Waals surface area contributed by atoms with Crippen molar-refractivity contribution in [3.05, 3.63) is 93.6 Å². The number of piperidine rings is 1. The molecule has 256 valence electrons. The topological polar surface area (TPSA) is 111 Å². The van der Waals surface area contributed by atoms with Crippen LogP contribution in [0.4, 0.5) is 4.79 Å². The number of nitrogens with one attached hydrogen (secondary N) is 1. The molecule has 1 aromatic heterocycles. The number of amides is 2. The normalized spacial score (nSPS) is 16.2. The Balaban J connectivity index is 1.19. The Morgan fingerprint density at radius 3 is 2.56 bits per heavy atom. The van der Waals surface area contributed by atoms with E-state index in [-0.39, 0.29) is 17.9 Å². The maximum absolute atomic E-state index is 11.9. The van der Waals surface area contributed by atoms with E-state index in [1.54, 1.807) is 7.11 Å². The van der Waals surface area contributed by atoms with Crippen molar-refractivity contribution < 1.29 is 33.6 Å². The quantitative estimate of drug-likeness (QED) is 0.129. The van der Waals surface area contributed by atoms with Gasteiger partial charge in [-0.2, -0.15) is 0 Å². The average molecular weight is 723 g/mol. The van der Waals surface area contributed by atoms with Crippen LogP contribution in [-0.2, 0) is 34.0 Å². The van der Waals surface area contributed by atoms with Crippen molar-refractivity contribution in [3.63, 3.8) is 0 Å². The minimum atomic E-state index is -0.937. The standard InChI is InChI=1S/C37H44BrN3O7/c1-25-21-40(18-16-39-26(2)42)36-31(25)14-11-29(35(36)38)24-48-34-22-41(37(43)44)17-15-32(34)27-9-12-30(13-10-27)47-20-6-19-46-23-28-7-4-5-8-33(28)45-3/h4-5,7-14,21,32,34H,6,15-20,22-24H2,1-3H3,(H,39,42)(H,43,44). The second kappa shape index (κ2) is 16.9. The predicted molar refractivity (Wildman–Crippen MR) is 188 cm³/mol. The van der Waals surface area contributed by atoms with Gasteiger partial charge < -0.3 is 38.8 Å². The second-order valence-corrected chi connectivity index (χ2v) is 12.8. The van der Waals surface area contributed by atoms with E-state index in [1.165, 1.54) is 11.8 Å². The maximum Gasteiger partial charge on any atom is 0.407 e. The number of carboxylic acid groups (broad SMARTS) is 1. The van der Waals surface area contributed by atoms with E-state index in [9.17, 15) is 14.7 Å². The van der Waals surface area contributed by atoms with Gasteiger partial charge >= 0.3 is 6.09 Å². The smallest absolute Gasteiger partial charge is 0.407 e. The van der Waals surface area contributed by atoms with Gasteiger partial charge in [-0.25, -0.2) is 4.79 Å². The Hall–Kier alpha value is -4.06. The van der Waals surface area contributed by atoms with Gasteiger partial charge in [0.05, 0.1) is 51.7 Å². The third kappa shape index (κ3) is 8.89. The van der Waals surface area contributed by atoms with Crippen LogP contribution in [0, 0.1) is 6.92 Å². The number of aromatic nitrogens is 1. The summed E-state index contributed by atoms with van der Waals surface area (Å²) in [6, 6.07) is 20.0. The highest BCUT2D eigenvalue weighted by Gasteiger charge is 2.33. The molecule has 2 N–H and O–H groups in total. The lowest BCUT2D eigenvalue weighted by Gasteiger charge is -2.37. The van der Waals surface area contributed by atoms with E-state index in [0.717, 1.165) is 55.5 Å². The molecule has 48 heavy (non-hydrogen) atoms. The van der Waals surface area contributed by atoms with E-state index in [1.807, 2.05) is 36.4 Å². The Morgan fingerprint density at radius 2 is 1.81 bits per heavy atom. The Bertz CT molecular complexity index is 1690. The molecule has 0 aliphatic carbocycles. The molecular formula is C37H44BrN3O7. The first-order chi connectivity index (χ1) is 23.2. The first kappa shape index (κ1) is 35.3. The van der Waals surface area contributed by atoms with E-state index in [0.29, 0.717) is 59.0 Å². The lowest BCUT2D eigenvalue weighted by molar-refractivity contribution is -0.118. The van der Waals surface area contributed by atoms with E-state index in [4.69, 9.17) is 18.9 Å². The molecule has 11 heteroatoms. The Kier molecular flexibility index (Phi) is 12.4. The molecule has 0 radical (unpaired) electrons. The molecule has 1 aliphatic rings. The minimum Gasteiger partial charge on any atom is -0.496 e. The maximum atomic E-state index is 11.9. The predicted octanol–water partition coefficient (Wildman–Crippen LogP) is 6.90. The number of ether oxygens (including phenoxy) is 4. The van der Waals surface area contributed by atoms with Gasteiger partial charge in [-0.15, -0.1) is 0 Å². The van der Waals surface area contributed by atoms with Gasteiger partial charge in [-0.3, -0.25) is 4.79 Å². The Morgan fingerprint density at radius 1 is 1.02 bits per heavy atom. The number of hydrogen-bond donors (Lipinski definition) is 2. The van der Waals surface area contributed by atoms with Gasteiger partial charge in [0.25, 0.3) is 0 Å². The molecule has 2 amide bonds. The van der Waals surface area contributed by atoms with Crippen LogP contribution in [0.25, 0.3) is 10.9 Å². The lowest BCUT2D eigenvalue weighted by Crippen LogP contribution is -2.46. The molecule has 1 fully saturated rings. The van der Waals surface area contributed by atoms with Crippen LogP contribution in [0.2, 0.25) is 0 Å². The molecule has 2 atom stereocenters. The van der Waals surface area contributed by atoms with Crippen LogP contribution in [0.15, 0.2) is 71.3 Å². The number of nitrogens with zero attached hydrogens (tertiary/aromatic N) is 2. The van der Waals surface area contributed by atoms with Crippen molar-refractivity contribution in [3.8, 4) is 11.5 Å². The number of methoxy groups -OCH3 is 1. The Labute approximate surface area is 290 Å². The minimum absolute atomic E-state index is 0.0318. The SMILES string of the molecule is COc1ccccc1COCCCOc1ccc(C2CCN(C(=O)O)CC2OCc2ccc3c(C)cn(CCNC(C)=O)c3c2Br)cc1. The molecule has 3 aromatic carbocycles. The summed E-state index contributed by atoms with van der Waals surface area (Å²) in [5.41, 5.74) is 5.28. The molecular weight excluding hydrogens is 678 g/mol.